The van der Waals surface area contributed by atoms with Crippen molar-refractivity contribution in [2.24, 2.45) is 0 Å². The number of alkyl halides is 2. The van der Waals surface area contributed by atoms with Gasteiger partial charge in [0.2, 0.25) is 0 Å². The summed E-state index contributed by atoms with van der Waals surface area (Å²) in [4.78, 5) is 15.5. The van der Waals surface area contributed by atoms with Crippen molar-refractivity contribution in [2.75, 3.05) is 25.6 Å². The molecule has 1 amide bonds. The van der Waals surface area contributed by atoms with Gasteiger partial charge in [-0.2, -0.15) is 5.10 Å². The van der Waals surface area contributed by atoms with Gasteiger partial charge in [0.15, 0.2) is 5.82 Å². The predicted octanol–water partition coefficient (Wildman–Crippen LogP) is 3.72. The van der Waals surface area contributed by atoms with Crippen molar-refractivity contribution in [3.8, 4) is 0 Å². The largest absolute Gasteiger partial charge is 0.453 e. The summed E-state index contributed by atoms with van der Waals surface area (Å²) >= 11 is 0. The Morgan fingerprint density at radius 1 is 1.37 bits per heavy atom. The second-order valence-electron chi connectivity index (χ2n) is 8.01. The third-order valence-electron chi connectivity index (χ3n) is 6.13. The van der Waals surface area contributed by atoms with Crippen molar-refractivity contribution < 1.29 is 23.4 Å². The Hall–Kier alpha value is -2.68. The Labute approximate surface area is 173 Å². The molecule has 2 aliphatic rings. The first-order valence-corrected chi connectivity index (χ1v) is 10.0. The molecule has 0 radical (unpaired) electrons. The average molecular weight is 420 g/mol. The molecule has 30 heavy (non-hydrogen) atoms. The van der Waals surface area contributed by atoms with Crippen LogP contribution in [-0.2, 0) is 17.7 Å². The molecule has 2 heterocycles. The molecule has 0 bridgehead atoms. The first-order chi connectivity index (χ1) is 14.3. The maximum atomic E-state index is 13.4. The quantitative estimate of drug-likeness (QED) is 0.817. The number of halogens is 2. The molecule has 1 aliphatic heterocycles. The van der Waals surface area contributed by atoms with Crippen LogP contribution >= 0.6 is 0 Å². The van der Waals surface area contributed by atoms with Crippen molar-refractivity contribution >= 4 is 17.6 Å². The van der Waals surface area contributed by atoms with Crippen LogP contribution in [0.3, 0.4) is 0 Å². The molecule has 0 atom stereocenters. The highest BCUT2D eigenvalue weighted by atomic mass is 19.3. The third-order valence-corrected chi connectivity index (χ3v) is 6.13. The number of aryl methyl sites for hydroxylation is 1. The molecule has 2 aromatic rings. The molecule has 1 fully saturated rings. The van der Waals surface area contributed by atoms with Crippen molar-refractivity contribution in [1.82, 2.24) is 14.7 Å². The van der Waals surface area contributed by atoms with Crippen LogP contribution < -0.4 is 4.90 Å². The predicted molar refractivity (Wildman–Crippen MR) is 107 cm³/mol. The molecule has 7 nitrogen and oxygen atoms in total. The monoisotopic (exact) mass is 420 g/mol. The van der Waals surface area contributed by atoms with Gasteiger partial charge in [0.25, 0.3) is 6.43 Å². The van der Waals surface area contributed by atoms with E-state index in [0.29, 0.717) is 49.4 Å². The van der Waals surface area contributed by atoms with E-state index in [1.807, 2.05) is 4.68 Å². The maximum Gasteiger partial charge on any atom is 0.409 e. The van der Waals surface area contributed by atoms with Gasteiger partial charge >= 0.3 is 6.09 Å². The zero-order chi connectivity index (χ0) is 21.6. The van der Waals surface area contributed by atoms with Crippen LogP contribution in [0.15, 0.2) is 18.2 Å². The number of aliphatic hydroxyl groups excluding tert-OH is 1. The second-order valence-corrected chi connectivity index (χ2v) is 8.01. The number of rotatable bonds is 4. The van der Waals surface area contributed by atoms with E-state index in [1.165, 1.54) is 13.2 Å². The number of aliphatic hydroxyl groups is 1. The second kappa shape index (κ2) is 7.86. The van der Waals surface area contributed by atoms with Crippen LogP contribution in [0.25, 0.3) is 0 Å². The fourth-order valence-corrected chi connectivity index (χ4v) is 4.24. The van der Waals surface area contributed by atoms with Crippen LogP contribution in [0.2, 0.25) is 0 Å². The minimum atomic E-state index is -2.56. The Morgan fingerprint density at radius 3 is 2.73 bits per heavy atom. The molecule has 0 saturated heterocycles. The van der Waals surface area contributed by atoms with Gasteiger partial charge in [0, 0.05) is 42.5 Å². The number of aromatic nitrogens is 2. The van der Waals surface area contributed by atoms with Gasteiger partial charge in [-0.3, -0.25) is 4.68 Å². The molecule has 1 aromatic carbocycles. The number of anilines is 2. The van der Waals surface area contributed by atoms with Gasteiger partial charge < -0.3 is 19.6 Å². The topological polar surface area (TPSA) is 70.8 Å². The number of carbonyl (C=O) groups is 1. The van der Waals surface area contributed by atoms with Crippen LogP contribution in [0, 0.1) is 6.92 Å². The molecule has 1 aromatic heterocycles. The van der Waals surface area contributed by atoms with E-state index in [9.17, 15) is 18.7 Å². The van der Waals surface area contributed by atoms with Crippen LogP contribution in [0.5, 0.6) is 0 Å². The maximum absolute atomic E-state index is 13.4. The van der Waals surface area contributed by atoms with Crippen molar-refractivity contribution in [2.45, 2.75) is 51.3 Å². The standard InChI is InChI=1S/C21H26F2N4O3/c1-12-4-5-13(10-16(12)19(22)23)25(2)20-17-11-26(21(29)30-3)7-6-18(17)27(24-20)14-8-15(28)9-14/h4-5,10,14-15,19,28H,6-9,11H2,1-3H3. The Kier molecular flexibility index (Phi) is 5.40. The summed E-state index contributed by atoms with van der Waals surface area (Å²) in [7, 11) is 3.14. The van der Waals surface area contributed by atoms with E-state index in [1.54, 1.807) is 35.9 Å². The lowest BCUT2D eigenvalue weighted by molar-refractivity contribution is 0.0417. The highest BCUT2D eigenvalue weighted by molar-refractivity contribution is 5.70. The molecular formula is C21H26F2N4O3. The van der Waals surface area contributed by atoms with Gasteiger partial charge in [-0.1, -0.05) is 6.07 Å². The molecule has 0 spiro atoms. The van der Waals surface area contributed by atoms with Gasteiger partial charge in [-0.15, -0.1) is 0 Å². The number of methoxy groups -OCH3 is 1. The van der Waals surface area contributed by atoms with Crippen molar-refractivity contribution in [3.63, 3.8) is 0 Å². The number of fused-ring (bicyclic) bond motifs is 1. The summed E-state index contributed by atoms with van der Waals surface area (Å²) in [6.07, 6.45) is -1.39. The van der Waals surface area contributed by atoms with Crippen molar-refractivity contribution in [3.05, 3.63) is 40.6 Å². The molecule has 4 rings (SSSR count). The fraction of sp³-hybridized carbons (Fsp3) is 0.524. The molecule has 162 valence electrons. The smallest absolute Gasteiger partial charge is 0.409 e. The summed E-state index contributed by atoms with van der Waals surface area (Å²) in [5.41, 5.74) is 3.04. The number of nitrogens with zero attached hydrogens (tertiary/aromatic N) is 4. The minimum absolute atomic E-state index is 0.00838. The van der Waals surface area contributed by atoms with E-state index in [2.05, 4.69) is 0 Å². The molecule has 1 saturated carbocycles. The summed E-state index contributed by atoms with van der Waals surface area (Å²) in [5.74, 6) is 0.629. The SMILES string of the molecule is COC(=O)N1CCc2c(c(N(C)c3ccc(C)c(C(F)F)c3)nn2C2CC(O)C2)C1. The third kappa shape index (κ3) is 3.51. The zero-order valence-electron chi connectivity index (χ0n) is 17.3. The Morgan fingerprint density at radius 2 is 2.10 bits per heavy atom. The van der Waals surface area contributed by atoms with Gasteiger partial charge in [-0.05, 0) is 37.5 Å². The zero-order valence-corrected chi connectivity index (χ0v) is 17.3. The lowest BCUT2D eigenvalue weighted by atomic mass is 9.89. The van der Waals surface area contributed by atoms with Gasteiger partial charge in [0.1, 0.15) is 0 Å². The van der Waals surface area contributed by atoms with Crippen molar-refractivity contribution in [1.29, 1.82) is 0 Å². The first kappa shape index (κ1) is 20.6. The summed E-state index contributed by atoms with van der Waals surface area (Å²) in [6, 6.07) is 5.06. The number of carbonyl (C=O) groups excluding carboxylic acids is 1. The molecule has 1 aliphatic carbocycles. The van der Waals surface area contributed by atoms with Crippen LogP contribution in [-0.4, -0.2) is 52.7 Å². The van der Waals surface area contributed by atoms with E-state index < -0.39 is 12.5 Å². The summed E-state index contributed by atoms with van der Waals surface area (Å²) in [5, 5.41) is 14.5. The minimum Gasteiger partial charge on any atom is -0.453 e. The lowest BCUT2D eigenvalue weighted by Gasteiger charge is -2.34. The highest BCUT2D eigenvalue weighted by Crippen LogP contribution is 2.39. The number of hydrogen-bond donors (Lipinski definition) is 1. The molecule has 0 unspecified atom stereocenters. The van der Waals surface area contributed by atoms with Crippen LogP contribution in [0.1, 0.15) is 47.7 Å². The van der Waals surface area contributed by atoms with Gasteiger partial charge in [-0.25, -0.2) is 13.6 Å². The fourth-order valence-electron chi connectivity index (χ4n) is 4.24. The molecule has 9 heteroatoms. The number of ether oxygens (including phenoxy) is 1. The molecular weight excluding hydrogens is 394 g/mol. The summed E-state index contributed by atoms with van der Waals surface area (Å²) in [6.45, 7) is 2.52. The van der Waals surface area contributed by atoms with Crippen LogP contribution in [0.4, 0.5) is 25.1 Å². The highest BCUT2D eigenvalue weighted by Gasteiger charge is 2.36. The van der Waals surface area contributed by atoms with E-state index in [0.717, 1.165) is 11.3 Å². The van der Waals surface area contributed by atoms with Gasteiger partial charge in [0.05, 0.1) is 25.8 Å². The molecule has 1 N–H and O–H groups in total. The first-order valence-electron chi connectivity index (χ1n) is 10.0. The Bertz CT molecular complexity index is 956. The number of amides is 1. The average Bonchev–Trinajstić information content (AvgIpc) is 3.08. The summed E-state index contributed by atoms with van der Waals surface area (Å²) < 4.78 is 33.6. The Balaban J connectivity index is 1.74. The number of benzene rings is 1. The van der Waals surface area contributed by atoms with E-state index in [-0.39, 0.29) is 17.7 Å². The number of hydrogen-bond acceptors (Lipinski definition) is 5. The lowest BCUT2D eigenvalue weighted by Crippen LogP contribution is -2.38. The van der Waals surface area contributed by atoms with E-state index in [4.69, 9.17) is 9.84 Å². The normalized spacial score (nSPS) is 20.7. The van der Waals surface area contributed by atoms with E-state index >= 15 is 0 Å².